The van der Waals surface area contributed by atoms with Crippen molar-refractivity contribution in [1.82, 2.24) is 9.38 Å². The molecule has 2 heterocycles. The second kappa shape index (κ2) is 5.89. The van der Waals surface area contributed by atoms with Gasteiger partial charge in [-0.25, -0.2) is 4.98 Å². The number of imidazole rings is 1. The van der Waals surface area contributed by atoms with Gasteiger partial charge in [0.05, 0.1) is 16.4 Å². The Labute approximate surface area is 134 Å². The molecular formula is C17H17ClN4. The van der Waals surface area contributed by atoms with Crippen LogP contribution in [-0.4, -0.2) is 9.38 Å². The van der Waals surface area contributed by atoms with E-state index >= 15 is 0 Å². The molecule has 0 saturated carbocycles. The fourth-order valence-electron chi connectivity index (χ4n) is 2.23. The highest BCUT2D eigenvalue weighted by molar-refractivity contribution is 6.30. The van der Waals surface area contributed by atoms with E-state index in [1.165, 1.54) is 5.56 Å². The van der Waals surface area contributed by atoms with Crippen LogP contribution in [0.15, 0.2) is 52.8 Å². The van der Waals surface area contributed by atoms with Crippen LogP contribution >= 0.6 is 11.6 Å². The molecule has 0 saturated heterocycles. The summed E-state index contributed by atoms with van der Waals surface area (Å²) < 4.78 is 1.88. The molecule has 0 unspecified atom stereocenters. The lowest BCUT2D eigenvalue weighted by Crippen LogP contribution is -1.87. The lowest BCUT2D eigenvalue weighted by Gasteiger charge is -2.02. The van der Waals surface area contributed by atoms with Crippen molar-refractivity contribution in [2.45, 2.75) is 26.7 Å². The van der Waals surface area contributed by atoms with Crippen LogP contribution in [-0.2, 0) is 0 Å². The number of benzene rings is 1. The SMILES string of the molecule is Cc1ccc(N=Nc2c(C(C)C)nc3ccc(Cl)cn23)cc1. The summed E-state index contributed by atoms with van der Waals surface area (Å²) in [5.41, 5.74) is 3.75. The molecular weight excluding hydrogens is 296 g/mol. The third kappa shape index (κ3) is 2.88. The maximum absolute atomic E-state index is 6.09. The average molecular weight is 313 g/mol. The average Bonchev–Trinajstić information content (AvgIpc) is 2.85. The van der Waals surface area contributed by atoms with Gasteiger partial charge in [0.15, 0.2) is 5.82 Å². The molecule has 0 bridgehead atoms. The highest BCUT2D eigenvalue weighted by Gasteiger charge is 2.15. The zero-order valence-corrected chi connectivity index (χ0v) is 13.5. The number of azo groups is 1. The second-order valence-corrected chi connectivity index (χ2v) is 6.02. The van der Waals surface area contributed by atoms with Gasteiger partial charge in [-0.2, -0.15) is 0 Å². The molecule has 3 aromatic rings. The van der Waals surface area contributed by atoms with Gasteiger partial charge in [-0.1, -0.05) is 43.1 Å². The van der Waals surface area contributed by atoms with E-state index in [2.05, 4.69) is 29.1 Å². The number of hydrogen-bond donors (Lipinski definition) is 0. The number of rotatable bonds is 3. The van der Waals surface area contributed by atoms with Crippen molar-refractivity contribution in [3.63, 3.8) is 0 Å². The standard InChI is InChI=1S/C17H17ClN4/c1-11(2)16-17(21-20-14-7-4-12(3)5-8-14)22-10-13(18)6-9-15(22)19-16/h4-11H,1-3H3. The van der Waals surface area contributed by atoms with Crippen molar-refractivity contribution in [2.24, 2.45) is 10.2 Å². The minimum Gasteiger partial charge on any atom is -0.281 e. The third-order valence-electron chi connectivity index (χ3n) is 3.42. The summed E-state index contributed by atoms with van der Waals surface area (Å²) in [6, 6.07) is 11.6. The second-order valence-electron chi connectivity index (χ2n) is 5.59. The molecule has 0 aliphatic rings. The summed E-state index contributed by atoms with van der Waals surface area (Å²) in [5.74, 6) is 0.985. The van der Waals surface area contributed by atoms with Crippen LogP contribution in [0.4, 0.5) is 11.5 Å². The van der Waals surface area contributed by atoms with Gasteiger partial charge in [0, 0.05) is 6.20 Å². The van der Waals surface area contributed by atoms with Crippen LogP contribution in [0.25, 0.3) is 5.65 Å². The van der Waals surface area contributed by atoms with Gasteiger partial charge in [-0.15, -0.1) is 10.2 Å². The number of nitrogens with zero attached hydrogens (tertiary/aromatic N) is 4. The van der Waals surface area contributed by atoms with E-state index in [4.69, 9.17) is 11.6 Å². The van der Waals surface area contributed by atoms with Crippen molar-refractivity contribution in [3.8, 4) is 0 Å². The summed E-state index contributed by atoms with van der Waals surface area (Å²) in [7, 11) is 0. The van der Waals surface area contributed by atoms with Gasteiger partial charge in [-0.05, 0) is 37.1 Å². The molecule has 22 heavy (non-hydrogen) atoms. The number of pyridine rings is 1. The fourth-order valence-corrected chi connectivity index (χ4v) is 2.39. The van der Waals surface area contributed by atoms with Gasteiger partial charge in [0.1, 0.15) is 5.65 Å². The molecule has 0 atom stereocenters. The highest BCUT2D eigenvalue weighted by atomic mass is 35.5. The van der Waals surface area contributed by atoms with Gasteiger partial charge >= 0.3 is 0 Å². The van der Waals surface area contributed by atoms with Crippen LogP contribution in [0.3, 0.4) is 0 Å². The van der Waals surface area contributed by atoms with Gasteiger partial charge in [-0.3, -0.25) is 4.40 Å². The van der Waals surface area contributed by atoms with Crippen molar-refractivity contribution in [2.75, 3.05) is 0 Å². The lowest BCUT2D eigenvalue weighted by atomic mass is 10.1. The number of aromatic nitrogens is 2. The van der Waals surface area contributed by atoms with Crippen molar-refractivity contribution >= 4 is 28.8 Å². The Balaban J connectivity index is 2.09. The van der Waals surface area contributed by atoms with E-state index in [1.807, 2.05) is 53.9 Å². The zero-order chi connectivity index (χ0) is 15.7. The first-order chi connectivity index (χ1) is 10.5. The first-order valence-electron chi connectivity index (χ1n) is 7.20. The van der Waals surface area contributed by atoms with Gasteiger partial charge < -0.3 is 0 Å². The minimum absolute atomic E-state index is 0.255. The van der Waals surface area contributed by atoms with E-state index in [0.717, 1.165) is 22.8 Å². The van der Waals surface area contributed by atoms with E-state index < -0.39 is 0 Å². The van der Waals surface area contributed by atoms with Crippen LogP contribution < -0.4 is 0 Å². The van der Waals surface area contributed by atoms with E-state index in [1.54, 1.807) is 0 Å². The van der Waals surface area contributed by atoms with Crippen molar-refractivity contribution in [3.05, 3.63) is 58.9 Å². The van der Waals surface area contributed by atoms with Crippen LogP contribution in [0, 0.1) is 6.92 Å². The molecule has 0 spiro atoms. The third-order valence-corrected chi connectivity index (χ3v) is 3.65. The summed E-state index contributed by atoms with van der Waals surface area (Å²) in [6.45, 7) is 6.23. The zero-order valence-electron chi connectivity index (χ0n) is 12.8. The Morgan fingerprint density at radius 3 is 2.45 bits per heavy atom. The molecule has 0 aliphatic heterocycles. The van der Waals surface area contributed by atoms with Gasteiger partial charge in [0.25, 0.3) is 0 Å². The normalized spacial score (nSPS) is 11.9. The van der Waals surface area contributed by atoms with Crippen molar-refractivity contribution in [1.29, 1.82) is 0 Å². The maximum Gasteiger partial charge on any atom is 0.183 e. The molecule has 0 radical (unpaired) electrons. The predicted molar refractivity (Wildman–Crippen MR) is 89.6 cm³/mol. The number of hydrogen-bond acceptors (Lipinski definition) is 3. The maximum atomic E-state index is 6.09. The Hall–Kier alpha value is -2.20. The van der Waals surface area contributed by atoms with Crippen molar-refractivity contribution < 1.29 is 0 Å². The molecule has 2 aromatic heterocycles. The summed E-state index contributed by atoms with van der Waals surface area (Å²) in [6.07, 6.45) is 1.82. The molecule has 0 amide bonds. The summed E-state index contributed by atoms with van der Waals surface area (Å²) >= 11 is 6.09. The monoisotopic (exact) mass is 312 g/mol. The van der Waals surface area contributed by atoms with Crippen LogP contribution in [0.2, 0.25) is 5.02 Å². The Bertz CT molecular complexity index is 832. The van der Waals surface area contributed by atoms with E-state index in [9.17, 15) is 0 Å². The molecule has 5 heteroatoms. The minimum atomic E-state index is 0.255. The van der Waals surface area contributed by atoms with Crippen LogP contribution in [0.1, 0.15) is 31.0 Å². The predicted octanol–water partition coefficient (Wildman–Crippen LogP) is 5.83. The molecule has 0 aliphatic carbocycles. The highest BCUT2D eigenvalue weighted by Crippen LogP contribution is 2.30. The number of halogens is 1. The largest absolute Gasteiger partial charge is 0.281 e. The quantitative estimate of drug-likeness (QED) is 0.560. The van der Waals surface area contributed by atoms with Gasteiger partial charge in [0.2, 0.25) is 0 Å². The smallest absolute Gasteiger partial charge is 0.183 e. The molecule has 112 valence electrons. The Morgan fingerprint density at radius 2 is 1.77 bits per heavy atom. The topological polar surface area (TPSA) is 42.0 Å². The lowest BCUT2D eigenvalue weighted by molar-refractivity contribution is 0.831. The van der Waals surface area contributed by atoms with E-state index in [0.29, 0.717) is 5.02 Å². The van der Waals surface area contributed by atoms with E-state index in [-0.39, 0.29) is 5.92 Å². The molecule has 1 aromatic carbocycles. The number of fused-ring (bicyclic) bond motifs is 1. The Morgan fingerprint density at radius 1 is 1.05 bits per heavy atom. The molecule has 0 fully saturated rings. The molecule has 0 N–H and O–H groups in total. The summed E-state index contributed by atoms with van der Waals surface area (Å²) in [5, 5.41) is 9.40. The fraction of sp³-hybridized carbons (Fsp3) is 0.235. The first-order valence-corrected chi connectivity index (χ1v) is 7.58. The first kappa shape index (κ1) is 14.7. The Kier molecular flexibility index (Phi) is 3.94. The molecule has 3 rings (SSSR count). The summed E-state index contributed by atoms with van der Waals surface area (Å²) in [4.78, 5) is 4.63. The number of aryl methyl sites for hydroxylation is 1. The van der Waals surface area contributed by atoms with Crippen LogP contribution in [0.5, 0.6) is 0 Å². The molecule has 4 nitrogen and oxygen atoms in total.